The van der Waals surface area contributed by atoms with Gasteiger partial charge in [-0.15, -0.1) is 10.2 Å². The average molecular weight is 305 g/mol. The molecule has 0 aliphatic heterocycles. The number of thioether (sulfide) groups is 1. The normalized spacial score (nSPS) is 11.0. The Bertz CT molecular complexity index is 594. The molecule has 1 N–H and O–H groups in total. The predicted octanol–water partition coefficient (Wildman–Crippen LogP) is 3.48. The lowest BCUT2D eigenvalue weighted by Crippen LogP contribution is -2.11. The first kappa shape index (κ1) is 15.6. The van der Waals surface area contributed by atoms with E-state index in [-0.39, 0.29) is 11.8 Å². The van der Waals surface area contributed by atoms with Crippen molar-refractivity contribution in [1.82, 2.24) is 14.8 Å². The van der Waals surface area contributed by atoms with Crippen LogP contribution in [0.5, 0.6) is 0 Å². The van der Waals surface area contributed by atoms with Crippen molar-refractivity contribution >= 4 is 17.7 Å². The third-order valence-corrected chi connectivity index (χ3v) is 4.26. The van der Waals surface area contributed by atoms with Crippen molar-refractivity contribution in [3.05, 3.63) is 30.3 Å². The molecule has 0 radical (unpaired) electrons. The molecule has 5 nitrogen and oxygen atoms in total. The van der Waals surface area contributed by atoms with Crippen molar-refractivity contribution in [2.24, 2.45) is 0 Å². The zero-order chi connectivity index (χ0) is 15.2. The lowest BCUT2D eigenvalue weighted by molar-refractivity contribution is -0.133. The summed E-state index contributed by atoms with van der Waals surface area (Å²) in [7, 11) is 0. The van der Waals surface area contributed by atoms with Gasteiger partial charge in [0.1, 0.15) is 0 Å². The van der Waals surface area contributed by atoms with E-state index >= 15 is 0 Å². The Labute approximate surface area is 128 Å². The van der Waals surface area contributed by atoms with Gasteiger partial charge in [0.15, 0.2) is 11.0 Å². The summed E-state index contributed by atoms with van der Waals surface area (Å²) < 4.78 is 2.07. The maximum atomic E-state index is 10.8. The fraction of sp³-hybridized carbons (Fsp3) is 0.400. The van der Waals surface area contributed by atoms with Gasteiger partial charge >= 0.3 is 5.97 Å². The highest BCUT2D eigenvalue weighted by molar-refractivity contribution is 7.99. The monoisotopic (exact) mass is 305 g/mol. The Balaban J connectivity index is 2.43. The van der Waals surface area contributed by atoms with Crippen LogP contribution in [0.4, 0.5) is 0 Å². The van der Waals surface area contributed by atoms with Crippen LogP contribution in [0, 0.1) is 0 Å². The minimum atomic E-state index is -0.847. The molecule has 21 heavy (non-hydrogen) atoms. The average Bonchev–Trinajstić information content (AvgIpc) is 2.91. The number of rotatable bonds is 7. The standard InChI is InChI=1S/C15H19N3O2S/c1-3-12(4-2)18-14(11-8-6-5-7-9-11)16-17-15(18)21-10-13(19)20/h5-9,12H,3-4,10H2,1-2H3,(H,19,20). The highest BCUT2D eigenvalue weighted by Gasteiger charge is 2.20. The Morgan fingerprint density at radius 2 is 1.90 bits per heavy atom. The summed E-state index contributed by atoms with van der Waals surface area (Å²) in [4.78, 5) is 10.8. The summed E-state index contributed by atoms with van der Waals surface area (Å²) in [5.41, 5.74) is 0.999. The second-order valence-corrected chi connectivity index (χ2v) is 5.64. The van der Waals surface area contributed by atoms with Gasteiger partial charge in [-0.3, -0.25) is 9.36 Å². The number of hydrogen-bond donors (Lipinski definition) is 1. The van der Waals surface area contributed by atoms with Crippen LogP contribution in [0.1, 0.15) is 32.7 Å². The molecule has 2 aromatic rings. The van der Waals surface area contributed by atoms with E-state index in [0.717, 1.165) is 24.2 Å². The first-order valence-corrected chi connectivity index (χ1v) is 8.00. The lowest BCUT2D eigenvalue weighted by atomic mass is 10.1. The van der Waals surface area contributed by atoms with E-state index < -0.39 is 5.97 Å². The minimum Gasteiger partial charge on any atom is -0.481 e. The van der Waals surface area contributed by atoms with E-state index in [4.69, 9.17) is 5.11 Å². The zero-order valence-corrected chi connectivity index (χ0v) is 13.0. The van der Waals surface area contributed by atoms with Crippen molar-refractivity contribution in [3.63, 3.8) is 0 Å². The van der Waals surface area contributed by atoms with E-state index in [1.165, 1.54) is 11.8 Å². The smallest absolute Gasteiger partial charge is 0.313 e. The Morgan fingerprint density at radius 3 is 2.48 bits per heavy atom. The van der Waals surface area contributed by atoms with Crippen LogP contribution < -0.4 is 0 Å². The van der Waals surface area contributed by atoms with Gasteiger partial charge in [0.25, 0.3) is 0 Å². The van der Waals surface area contributed by atoms with Crippen molar-refractivity contribution in [2.75, 3.05) is 5.75 Å². The molecule has 1 aromatic heterocycles. The molecule has 0 unspecified atom stereocenters. The molecule has 0 saturated heterocycles. The molecule has 112 valence electrons. The van der Waals surface area contributed by atoms with Crippen LogP contribution in [0.3, 0.4) is 0 Å². The first-order valence-electron chi connectivity index (χ1n) is 7.02. The van der Waals surface area contributed by atoms with Crippen LogP contribution in [-0.4, -0.2) is 31.6 Å². The number of carboxylic acid groups (broad SMARTS) is 1. The third-order valence-electron chi connectivity index (χ3n) is 3.33. The second-order valence-electron chi connectivity index (χ2n) is 4.69. The number of benzene rings is 1. The molecule has 6 heteroatoms. The van der Waals surface area contributed by atoms with Crippen LogP contribution in [0.15, 0.2) is 35.5 Å². The number of carboxylic acids is 1. The van der Waals surface area contributed by atoms with Gasteiger partial charge in [-0.05, 0) is 12.8 Å². The molecule has 1 aromatic carbocycles. The predicted molar refractivity (Wildman–Crippen MR) is 83.4 cm³/mol. The van der Waals surface area contributed by atoms with Gasteiger partial charge in [-0.2, -0.15) is 0 Å². The maximum Gasteiger partial charge on any atom is 0.313 e. The van der Waals surface area contributed by atoms with Gasteiger partial charge in [-0.25, -0.2) is 0 Å². The zero-order valence-electron chi connectivity index (χ0n) is 12.2. The molecular formula is C15H19N3O2S. The van der Waals surface area contributed by atoms with E-state index in [0.29, 0.717) is 5.16 Å². The number of hydrogen-bond acceptors (Lipinski definition) is 4. The Hall–Kier alpha value is -1.82. The summed E-state index contributed by atoms with van der Waals surface area (Å²) in [6, 6.07) is 10.1. The van der Waals surface area contributed by atoms with Crippen LogP contribution in [0.25, 0.3) is 11.4 Å². The summed E-state index contributed by atoms with van der Waals surface area (Å²) in [5.74, 6) is -0.0508. The van der Waals surface area contributed by atoms with Gasteiger partial charge < -0.3 is 5.11 Å². The molecule has 0 aliphatic rings. The van der Waals surface area contributed by atoms with Crippen LogP contribution >= 0.6 is 11.8 Å². The van der Waals surface area contributed by atoms with Crippen molar-refractivity contribution in [2.45, 2.75) is 37.9 Å². The van der Waals surface area contributed by atoms with E-state index in [1.54, 1.807) is 0 Å². The van der Waals surface area contributed by atoms with Gasteiger partial charge in [0, 0.05) is 11.6 Å². The van der Waals surface area contributed by atoms with Crippen LogP contribution in [-0.2, 0) is 4.79 Å². The molecule has 0 amide bonds. The number of aromatic nitrogens is 3. The molecule has 0 spiro atoms. The molecule has 0 fully saturated rings. The van der Waals surface area contributed by atoms with E-state index in [9.17, 15) is 4.79 Å². The van der Waals surface area contributed by atoms with Crippen molar-refractivity contribution < 1.29 is 9.90 Å². The van der Waals surface area contributed by atoms with Crippen LogP contribution in [0.2, 0.25) is 0 Å². The largest absolute Gasteiger partial charge is 0.481 e. The molecule has 2 rings (SSSR count). The summed E-state index contributed by atoms with van der Waals surface area (Å²) in [5, 5.41) is 18.0. The minimum absolute atomic E-state index is 0.00687. The molecular weight excluding hydrogens is 286 g/mol. The summed E-state index contributed by atoms with van der Waals surface area (Å²) in [6.07, 6.45) is 1.91. The van der Waals surface area contributed by atoms with Crippen molar-refractivity contribution in [1.29, 1.82) is 0 Å². The topological polar surface area (TPSA) is 68.0 Å². The number of carbonyl (C=O) groups is 1. The summed E-state index contributed by atoms with van der Waals surface area (Å²) >= 11 is 1.22. The fourth-order valence-corrected chi connectivity index (χ4v) is 2.99. The van der Waals surface area contributed by atoms with Gasteiger partial charge in [-0.1, -0.05) is 55.9 Å². The molecule has 0 bridgehead atoms. The number of nitrogens with zero attached hydrogens (tertiary/aromatic N) is 3. The Morgan fingerprint density at radius 1 is 1.24 bits per heavy atom. The lowest BCUT2D eigenvalue weighted by Gasteiger charge is -2.19. The number of aliphatic carboxylic acids is 1. The quantitative estimate of drug-likeness (QED) is 0.793. The molecule has 1 heterocycles. The van der Waals surface area contributed by atoms with Crippen molar-refractivity contribution in [3.8, 4) is 11.4 Å². The first-order chi connectivity index (χ1) is 10.2. The highest BCUT2D eigenvalue weighted by atomic mass is 32.2. The molecule has 0 saturated carbocycles. The molecule has 0 atom stereocenters. The summed E-state index contributed by atoms with van der Waals surface area (Å²) in [6.45, 7) is 4.24. The van der Waals surface area contributed by atoms with E-state index in [2.05, 4.69) is 28.6 Å². The maximum absolute atomic E-state index is 10.8. The Kier molecular flexibility index (Phi) is 5.38. The SMILES string of the molecule is CCC(CC)n1c(SCC(=O)O)nnc1-c1ccccc1. The fourth-order valence-electron chi connectivity index (χ4n) is 2.27. The third kappa shape index (κ3) is 3.64. The second kappa shape index (κ2) is 7.26. The molecule has 0 aliphatic carbocycles. The van der Waals surface area contributed by atoms with E-state index in [1.807, 2.05) is 30.3 Å². The highest BCUT2D eigenvalue weighted by Crippen LogP contribution is 2.30. The van der Waals surface area contributed by atoms with Gasteiger partial charge in [0.2, 0.25) is 0 Å². The van der Waals surface area contributed by atoms with Gasteiger partial charge in [0.05, 0.1) is 5.75 Å².